The number of methoxy groups -OCH3 is 1. The van der Waals surface area contributed by atoms with E-state index >= 15 is 0 Å². The minimum atomic E-state index is -1.25. The molecule has 2 rings (SSSR count). The summed E-state index contributed by atoms with van der Waals surface area (Å²) in [6, 6.07) is 12.8. The number of amides is 3. The Bertz CT molecular complexity index is 1180. The molecule has 0 saturated heterocycles. The molecule has 40 heavy (non-hydrogen) atoms. The topological polar surface area (TPSA) is 134 Å². The monoisotopic (exact) mass is 555 g/mol. The fourth-order valence-electron chi connectivity index (χ4n) is 4.05. The van der Waals surface area contributed by atoms with Gasteiger partial charge in [-0.3, -0.25) is 14.4 Å². The molecular formula is C30H41N3O7. The van der Waals surface area contributed by atoms with Crippen molar-refractivity contribution in [2.45, 2.75) is 77.6 Å². The van der Waals surface area contributed by atoms with Gasteiger partial charge in [0.05, 0.1) is 7.11 Å². The smallest absolute Gasteiger partial charge is 0.408 e. The lowest BCUT2D eigenvalue weighted by Crippen LogP contribution is -2.60. The Morgan fingerprint density at radius 1 is 0.975 bits per heavy atom. The van der Waals surface area contributed by atoms with Gasteiger partial charge in [-0.1, -0.05) is 49.4 Å². The number of phenolic OH excluding ortho intramolecular Hbond substituents is 1. The third-order valence-corrected chi connectivity index (χ3v) is 6.35. The van der Waals surface area contributed by atoms with Crippen molar-refractivity contribution >= 4 is 23.9 Å². The molecule has 0 aromatic heterocycles. The highest BCUT2D eigenvalue weighted by molar-refractivity contribution is 5.94. The second kappa shape index (κ2) is 13.8. The molecular weight excluding hydrogens is 514 g/mol. The van der Waals surface area contributed by atoms with Gasteiger partial charge in [0.1, 0.15) is 30.0 Å². The second-order valence-corrected chi connectivity index (χ2v) is 11.1. The molecule has 0 fully saturated rings. The Morgan fingerprint density at radius 2 is 1.62 bits per heavy atom. The van der Waals surface area contributed by atoms with Crippen LogP contribution < -0.4 is 10.6 Å². The largest absolute Gasteiger partial charge is 0.508 e. The third-order valence-electron chi connectivity index (χ3n) is 6.35. The molecule has 2 atom stereocenters. The Morgan fingerprint density at radius 3 is 2.17 bits per heavy atom. The van der Waals surface area contributed by atoms with Gasteiger partial charge in [0, 0.05) is 12.0 Å². The molecule has 0 bridgehead atoms. The summed E-state index contributed by atoms with van der Waals surface area (Å²) in [6.45, 7) is 10.2. The molecule has 0 aliphatic carbocycles. The molecule has 10 heteroatoms. The number of ether oxygens (including phenoxy) is 2. The van der Waals surface area contributed by atoms with E-state index in [4.69, 9.17) is 4.74 Å². The zero-order valence-electron chi connectivity index (χ0n) is 24.3. The van der Waals surface area contributed by atoms with Crippen LogP contribution in [0.1, 0.15) is 65.1 Å². The van der Waals surface area contributed by atoms with Gasteiger partial charge in [-0.05, 0) is 64.3 Å². The molecule has 10 nitrogen and oxygen atoms in total. The summed E-state index contributed by atoms with van der Waals surface area (Å²) in [5, 5.41) is 15.5. The van der Waals surface area contributed by atoms with E-state index in [9.17, 15) is 24.3 Å². The third kappa shape index (κ3) is 9.29. The fourth-order valence-corrected chi connectivity index (χ4v) is 4.05. The molecule has 2 aromatic carbocycles. The van der Waals surface area contributed by atoms with Gasteiger partial charge in [-0.15, -0.1) is 0 Å². The zero-order chi connectivity index (χ0) is 30.1. The molecule has 3 amide bonds. The normalized spacial score (nSPS) is 13.0. The number of rotatable bonds is 11. The Kier molecular flexibility index (Phi) is 11.1. The van der Waals surface area contributed by atoms with Crippen molar-refractivity contribution in [1.29, 1.82) is 0 Å². The molecule has 2 unspecified atom stereocenters. The van der Waals surface area contributed by atoms with Gasteiger partial charge in [0.25, 0.3) is 0 Å². The maximum absolute atomic E-state index is 14.5. The van der Waals surface area contributed by atoms with E-state index in [-0.39, 0.29) is 12.2 Å². The maximum Gasteiger partial charge on any atom is 0.408 e. The van der Waals surface area contributed by atoms with Crippen molar-refractivity contribution < 1.29 is 33.8 Å². The van der Waals surface area contributed by atoms with Crippen LogP contribution in [-0.2, 0) is 30.3 Å². The number of hydrogen-bond acceptors (Lipinski definition) is 7. The first-order valence-corrected chi connectivity index (χ1v) is 13.2. The van der Waals surface area contributed by atoms with Crippen LogP contribution in [-0.4, -0.2) is 64.7 Å². The lowest BCUT2D eigenvalue weighted by atomic mass is 9.91. The number of carbonyl (C=O) groups is 4. The molecule has 2 aromatic rings. The summed E-state index contributed by atoms with van der Waals surface area (Å²) in [6.07, 6.45) is -0.200. The molecule has 0 heterocycles. The van der Waals surface area contributed by atoms with Crippen LogP contribution in [0.15, 0.2) is 54.6 Å². The molecule has 0 aliphatic rings. The van der Waals surface area contributed by atoms with Gasteiger partial charge in [0.15, 0.2) is 0 Å². The number of esters is 1. The van der Waals surface area contributed by atoms with Gasteiger partial charge < -0.3 is 30.1 Å². The van der Waals surface area contributed by atoms with Crippen LogP contribution in [0.3, 0.4) is 0 Å². The van der Waals surface area contributed by atoms with Crippen molar-refractivity contribution in [1.82, 2.24) is 15.5 Å². The van der Waals surface area contributed by atoms with Crippen LogP contribution in [0.5, 0.6) is 5.75 Å². The quantitative estimate of drug-likeness (QED) is 0.358. The van der Waals surface area contributed by atoms with E-state index in [1.165, 1.54) is 24.1 Å². The molecule has 0 radical (unpaired) electrons. The highest BCUT2D eigenvalue weighted by Crippen LogP contribution is 2.33. The van der Waals surface area contributed by atoms with Crippen molar-refractivity contribution in [2.75, 3.05) is 13.7 Å². The van der Waals surface area contributed by atoms with Crippen LogP contribution in [0, 0.1) is 0 Å². The Hall–Kier alpha value is -4.08. The number of nitrogens with zero attached hydrogens (tertiary/aromatic N) is 1. The van der Waals surface area contributed by atoms with Crippen LogP contribution in [0.4, 0.5) is 4.79 Å². The number of carbonyl (C=O) groups excluding carboxylic acids is 4. The number of benzene rings is 2. The summed E-state index contributed by atoms with van der Waals surface area (Å²) < 4.78 is 10.1. The summed E-state index contributed by atoms with van der Waals surface area (Å²) in [7, 11) is 1.20. The number of nitrogens with one attached hydrogen (secondary N) is 2. The van der Waals surface area contributed by atoms with E-state index in [2.05, 4.69) is 15.4 Å². The van der Waals surface area contributed by atoms with Crippen molar-refractivity contribution in [3.63, 3.8) is 0 Å². The van der Waals surface area contributed by atoms with Crippen molar-refractivity contribution in [3.05, 3.63) is 65.7 Å². The predicted octanol–water partition coefficient (Wildman–Crippen LogP) is 3.88. The number of alkyl carbamates (subject to hydrolysis) is 1. The molecule has 0 saturated carbocycles. The second-order valence-electron chi connectivity index (χ2n) is 11.1. The SMILES string of the molecule is CCC(C)(C)N(C(=O)C(Cc1ccccc1)NC(=O)OC(C)(C)C)C(C(=O)NCC(=O)OC)c1cccc(O)c1. The Labute approximate surface area is 236 Å². The standard InChI is InChI=1S/C30H41N3O7/c1-8-30(5,6)33(25(21-15-12-16-22(34)18-21)26(36)31-19-24(35)39-7)27(37)23(17-20-13-10-9-11-14-20)32-28(38)40-29(2,3)4/h9-16,18,23,25,34H,8,17,19H2,1-7H3,(H,31,36)(H,32,38). The fraction of sp³-hybridized carbons (Fsp3) is 0.467. The van der Waals surface area contributed by atoms with E-state index in [0.717, 1.165) is 5.56 Å². The number of aromatic hydroxyl groups is 1. The average Bonchev–Trinajstić information content (AvgIpc) is 2.88. The van der Waals surface area contributed by atoms with Crippen molar-refractivity contribution in [3.8, 4) is 5.75 Å². The predicted molar refractivity (Wildman–Crippen MR) is 150 cm³/mol. The minimum absolute atomic E-state index is 0.0994. The zero-order valence-corrected chi connectivity index (χ0v) is 24.3. The molecule has 0 aliphatic heterocycles. The summed E-state index contributed by atoms with van der Waals surface area (Å²) in [5.41, 5.74) is -0.589. The lowest BCUT2D eigenvalue weighted by molar-refractivity contribution is -0.150. The first kappa shape index (κ1) is 32.1. The molecule has 0 spiro atoms. The van der Waals surface area contributed by atoms with E-state index < -0.39 is 53.6 Å². The van der Waals surface area contributed by atoms with E-state index in [1.807, 2.05) is 37.3 Å². The van der Waals surface area contributed by atoms with E-state index in [0.29, 0.717) is 12.0 Å². The highest BCUT2D eigenvalue weighted by Gasteiger charge is 2.43. The summed E-state index contributed by atoms with van der Waals surface area (Å²) in [5.74, 6) is -1.95. The van der Waals surface area contributed by atoms with E-state index in [1.54, 1.807) is 46.8 Å². The first-order chi connectivity index (χ1) is 18.7. The number of hydrogen-bond donors (Lipinski definition) is 3. The van der Waals surface area contributed by atoms with Gasteiger partial charge >= 0.3 is 12.1 Å². The Balaban J connectivity index is 2.64. The van der Waals surface area contributed by atoms with Gasteiger partial charge in [-0.25, -0.2) is 4.79 Å². The number of phenols is 1. The van der Waals surface area contributed by atoms with Crippen LogP contribution in [0.2, 0.25) is 0 Å². The average molecular weight is 556 g/mol. The summed E-state index contributed by atoms with van der Waals surface area (Å²) in [4.78, 5) is 54.2. The van der Waals surface area contributed by atoms with Gasteiger partial charge in [0.2, 0.25) is 11.8 Å². The lowest BCUT2D eigenvalue weighted by Gasteiger charge is -2.44. The molecule has 3 N–H and O–H groups in total. The van der Waals surface area contributed by atoms with Crippen LogP contribution in [0.25, 0.3) is 0 Å². The van der Waals surface area contributed by atoms with Crippen molar-refractivity contribution in [2.24, 2.45) is 0 Å². The van der Waals surface area contributed by atoms with Gasteiger partial charge in [-0.2, -0.15) is 0 Å². The first-order valence-electron chi connectivity index (χ1n) is 13.2. The minimum Gasteiger partial charge on any atom is -0.508 e. The highest BCUT2D eigenvalue weighted by atomic mass is 16.6. The maximum atomic E-state index is 14.5. The summed E-state index contributed by atoms with van der Waals surface area (Å²) >= 11 is 0. The molecule has 218 valence electrons. The van der Waals surface area contributed by atoms with Crippen LogP contribution >= 0.6 is 0 Å².